The van der Waals surface area contributed by atoms with Crippen LogP contribution in [0.15, 0.2) is 48.8 Å². The number of alkyl halides is 3. The largest absolute Gasteiger partial charge is 0.416 e. The number of fused-ring (bicyclic) bond motifs is 1. The fraction of sp³-hybridized carbons (Fsp3) is 0.273. The van der Waals surface area contributed by atoms with Crippen LogP contribution in [0.3, 0.4) is 0 Å². The van der Waals surface area contributed by atoms with Crippen LogP contribution in [-0.4, -0.2) is 42.3 Å². The second-order valence-electron chi connectivity index (χ2n) is 8.10. The zero-order valence-electron chi connectivity index (χ0n) is 17.4. The van der Waals surface area contributed by atoms with Crippen LogP contribution in [0.4, 0.5) is 17.6 Å². The lowest BCUT2D eigenvalue weighted by molar-refractivity contribution is -0.137. The molecule has 1 aliphatic rings. The Morgan fingerprint density at radius 1 is 1.15 bits per heavy atom. The van der Waals surface area contributed by atoms with Crippen LogP contribution in [-0.2, 0) is 11.7 Å². The van der Waals surface area contributed by atoms with Crippen LogP contribution in [0.2, 0.25) is 0 Å². The first-order valence-electron chi connectivity index (χ1n) is 10.2. The van der Waals surface area contributed by atoms with E-state index in [-0.39, 0.29) is 16.8 Å². The van der Waals surface area contributed by atoms with Gasteiger partial charge in [-0.1, -0.05) is 6.07 Å². The number of imidazole rings is 1. The quantitative estimate of drug-likeness (QED) is 0.460. The highest BCUT2D eigenvalue weighted by atomic mass is 19.4. The number of aromatic nitrogens is 5. The molecule has 0 aliphatic carbocycles. The van der Waals surface area contributed by atoms with E-state index in [0.717, 1.165) is 12.1 Å². The Morgan fingerprint density at radius 2 is 1.91 bits per heavy atom. The summed E-state index contributed by atoms with van der Waals surface area (Å²) in [6.07, 6.45) is -0.517. The molecule has 1 fully saturated rings. The Hall–Kier alpha value is -3.76. The highest BCUT2D eigenvalue weighted by molar-refractivity contribution is 5.98. The molecular weight excluding hydrogens is 440 g/mol. The normalized spacial score (nSPS) is 18.9. The molecule has 7 nitrogen and oxygen atoms in total. The number of hydrogen-bond acceptors (Lipinski definition) is 4. The molecule has 4 aromatic rings. The van der Waals surface area contributed by atoms with Crippen molar-refractivity contribution in [3.05, 3.63) is 71.6 Å². The van der Waals surface area contributed by atoms with Crippen molar-refractivity contribution in [2.75, 3.05) is 6.54 Å². The van der Waals surface area contributed by atoms with Gasteiger partial charge in [0.1, 0.15) is 22.9 Å². The monoisotopic (exact) mass is 458 g/mol. The molecule has 1 N–H and O–H groups in total. The molecule has 11 heteroatoms. The van der Waals surface area contributed by atoms with Crippen LogP contribution >= 0.6 is 0 Å². The van der Waals surface area contributed by atoms with Gasteiger partial charge in [-0.05, 0) is 50.1 Å². The zero-order valence-corrected chi connectivity index (χ0v) is 17.4. The number of H-pyrrole nitrogens is 1. The summed E-state index contributed by atoms with van der Waals surface area (Å²) in [5.41, 5.74) is -1.18. The zero-order chi connectivity index (χ0) is 23.4. The minimum atomic E-state index is -4.49. The summed E-state index contributed by atoms with van der Waals surface area (Å²) in [5.74, 6) is -0.946. The van der Waals surface area contributed by atoms with Crippen LogP contribution < -0.4 is 0 Å². The summed E-state index contributed by atoms with van der Waals surface area (Å²) in [7, 11) is 0. The summed E-state index contributed by atoms with van der Waals surface area (Å²) >= 11 is 0. The average Bonchev–Trinajstić information content (AvgIpc) is 3.51. The van der Waals surface area contributed by atoms with Crippen molar-refractivity contribution in [2.45, 2.75) is 31.5 Å². The number of aromatic amines is 1. The predicted octanol–water partition coefficient (Wildman–Crippen LogP) is 4.45. The van der Waals surface area contributed by atoms with Gasteiger partial charge in [0, 0.05) is 6.54 Å². The number of likely N-dealkylation sites (tertiary alicyclic amines) is 1. The van der Waals surface area contributed by atoms with Crippen LogP contribution in [0.5, 0.6) is 0 Å². The smallest absolute Gasteiger partial charge is 0.340 e. The van der Waals surface area contributed by atoms with Gasteiger partial charge in [0.2, 0.25) is 0 Å². The third kappa shape index (κ3) is 3.43. The number of nitrogens with zero attached hydrogens (tertiary/aromatic N) is 5. The molecule has 2 aromatic carbocycles. The molecule has 170 valence electrons. The molecule has 0 bridgehead atoms. The van der Waals surface area contributed by atoms with Crippen molar-refractivity contribution >= 4 is 16.9 Å². The van der Waals surface area contributed by atoms with Crippen LogP contribution in [0.1, 0.15) is 41.5 Å². The van der Waals surface area contributed by atoms with E-state index < -0.39 is 29.0 Å². The molecule has 0 radical (unpaired) electrons. The van der Waals surface area contributed by atoms with E-state index in [4.69, 9.17) is 0 Å². The van der Waals surface area contributed by atoms with Gasteiger partial charge in [0.05, 0.1) is 34.5 Å². The van der Waals surface area contributed by atoms with E-state index >= 15 is 0 Å². The second-order valence-corrected chi connectivity index (χ2v) is 8.10. The molecule has 1 unspecified atom stereocenters. The number of amides is 1. The molecule has 2 aromatic heterocycles. The van der Waals surface area contributed by atoms with Gasteiger partial charge in [-0.2, -0.15) is 28.2 Å². The van der Waals surface area contributed by atoms with Crippen molar-refractivity contribution < 1.29 is 22.4 Å². The van der Waals surface area contributed by atoms with Crippen molar-refractivity contribution in [3.63, 3.8) is 0 Å². The first-order valence-corrected chi connectivity index (χ1v) is 10.2. The molecule has 33 heavy (non-hydrogen) atoms. The lowest BCUT2D eigenvalue weighted by atomic mass is 9.97. The Labute approximate surface area is 185 Å². The summed E-state index contributed by atoms with van der Waals surface area (Å²) in [6.45, 7) is 2.10. The molecule has 1 atom stereocenters. The number of benzene rings is 2. The molecule has 1 amide bonds. The third-order valence-corrected chi connectivity index (χ3v) is 6.05. The maximum absolute atomic E-state index is 14.9. The lowest BCUT2D eigenvalue weighted by Crippen LogP contribution is -2.44. The topological polar surface area (TPSA) is 79.7 Å². The van der Waals surface area contributed by atoms with Crippen molar-refractivity contribution in [3.8, 4) is 5.69 Å². The van der Waals surface area contributed by atoms with Gasteiger partial charge < -0.3 is 9.88 Å². The number of halogens is 4. The Morgan fingerprint density at radius 3 is 2.64 bits per heavy atom. The van der Waals surface area contributed by atoms with E-state index in [1.54, 1.807) is 13.0 Å². The molecule has 1 saturated heterocycles. The molecular formula is C22H18F4N6O. The maximum Gasteiger partial charge on any atom is 0.416 e. The highest BCUT2D eigenvalue weighted by Gasteiger charge is 2.45. The maximum atomic E-state index is 14.9. The van der Waals surface area contributed by atoms with E-state index in [0.29, 0.717) is 30.7 Å². The van der Waals surface area contributed by atoms with Gasteiger partial charge in [-0.3, -0.25) is 4.79 Å². The number of carbonyl (C=O) groups is 1. The van der Waals surface area contributed by atoms with Gasteiger partial charge in [-0.25, -0.2) is 9.37 Å². The minimum Gasteiger partial charge on any atom is -0.340 e. The average molecular weight is 458 g/mol. The van der Waals surface area contributed by atoms with Crippen molar-refractivity contribution in [2.24, 2.45) is 0 Å². The lowest BCUT2D eigenvalue weighted by Gasteiger charge is -2.34. The van der Waals surface area contributed by atoms with Crippen LogP contribution in [0, 0.1) is 5.82 Å². The number of rotatable bonds is 3. The van der Waals surface area contributed by atoms with Gasteiger partial charge >= 0.3 is 6.18 Å². The summed E-state index contributed by atoms with van der Waals surface area (Å²) in [4.78, 5) is 23.7. The number of nitrogens with one attached hydrogen (secondary N) is 1. The van der Waals surface area contributed by atoms with Crippen molar-refractivity contribution in [1.82, 2.24) is 29.9 Å². The number of carbonyl (C=O) groups excluding carboxylic acids is 1. The summed E-state index contributed by atoms with van der Waals surface area (Å²) in [6, 6.07) is 7.45. The molecule has 3 heterocycles. The third-order valence-electron chi connectivity index (χ3n) is 6.05. The van der Waals surface area contributed by atoms with Gasteiger partial charge in [0.15, 0.2) is 0 Å². The molecule has 5 rings (SSSR count). The highest BCUT2D eigenvalue weighted by Crippen LogP contribution is 2.40. The first kappa shape index (κ1) is 21.1. The Balaban J connectivity index is 1.57. The summed E-state index contributed by atoms with van der Waals surface area (Å²) < 4.78 is 54.2. The molecule has 0 saturated carbocycles. The minimum absolute atomic E-state index is 0.183. The van der Waals surface area contributed by atoms with E-state index in [1.165, 1.54) is 40.3 Å². The van der Waals surface area contributed by atoms with Gasteiger partial charge in [0.25, 0.3) is 5.91 Å². The Bertz CT molecular complexity index is 1350. The fourth-order valence-corrected chi connectivity index (χ4v) is 4.34. The summed E-state index contributed by atoms with van der Waals surface area (Å²) in [5, 5.41) is 8.01. The molecule has 0 spiro atoms. The predicted molar refractivity (Wildman–Crippen MR) is 110 cm³/mol. The Kier molecular flexibility index (Phi) is 4.73. The molecule has 1 aliphatic heterocycles. The SMILES string of the molecule is CC1(c2nc3ccc(C(F)(F)F)cc3[nH]2)CCCN1C(=O)c1c(F)cccc1-n1nccn1. The van der Waals surface area contributed by atoms with E-state index in [9.17, 15) is 22.4 Å². The first-order chi connectivity index (χ1) is 15.7. The van der Waals surface area contributed by atoms with E-state index in [2.05, 4.69) is 20.2 Å². The second kappa shape index (κ2) is 7.39. The fourth-order valence-electron chi connectivity index (χ4n) is 4.34. The standard InChI is InChI=1S/C22H18F4N6O/c1-21(20-29-15-7-6-13(22(24,25)26)12-16(15)30-20)8-3-11-31(21)19(33)18-14(23)4-2-5-17(18)32-27-9-10-28-32/h2,4-7,9-10,12H,3,8,11H2,1H3,(H,29,30). The van der Waals surface area contributed by atoms with E-state index in [1.807, 2.05) is 0 Å². The number of hydrogen-bond donors (Lipinski definition) is 1. The van der Waals surface area contributed by atoms with Crippen molar-refractivity contribution in [1.29, 1.82) is 0 Å². The van der Waals surface area contributed by atoms with Crippen LogP contribution in [0.25, 0.3) is 16.7 Å². The van der Waals surface area contributed by atoms with Gasteiger partial charge in [-0.15, -0.1) is 0 Å².